The number of aliphatic hydroxyl groups excluding tert-OH is 1. The van der Waals surface area contributed by atoms with Crippen LogP contribution in [-0.2, 0) is 19.1 Å². The Morgan fingerprint density at radius 3 is 2.24 bits per heavy atom. The van der Waals surface area contributed by atoms with Gasteiger partial charge in [-0.3, -0.25) is 9.59 Å². The normalized spacial score (nSPS) is 12.1. The standard InChI is InChI=1S/C14H16ClFO5/c1-3-20-13(18)10(14(19)21-4-2)12(17)8-6-5-7-9(15)11(8)16/h5-7,10,12,17H,3-4H2,1-2H3. The Morgan fingerprint density at radius 2 is 1.76 bits per heavy atom. The number of carbonyl (C=O) groups is 2. The second kappa shape index (κ2) is 7.95. The maximum Gasteiger partial charge on any atom is 0.323 e. The van der Waals surface area contributed by atoms with E-state index in [2.05, 4.69) is 0 Å². The van der Waals surface area contributed by atoms with Gasteiger partial charge in [0.25, 0.3) is 0 Å². The van der Waals surface area contributed by atoms with E-state index in [-0.39, 0.29) is 23.8 Å². The van der Waals surface area contributed by atoms with Gasteiger partial charge >= 0.3 is 11.9 Å². The highest BCUT2D eigenvalue weighted by Crippen LogP contribution is 2.29. The molecular formula is C14H16ClFO5. The van der Waals surface area contributed by atoms with Gasteiger partial charge in [0.05, 0.1) is 18.2 Å². The fourth-order valence-corrected chi connectivity index (χ4v) is 1.93. The van der Waals surface area contributed by atoms with Crippen LogP contribution < -0.4 is 0 Å². The van der Waals surface area contributed by atoms with Crippen molar-refractivity contribution in [3.8, 4) is 0 Å². The summed E-state index contributed by atoms with van der Waals surface area (Å²) in [5.74, 6) is -4.53. The highest BCUT2D eigenvalue weighted by Gasteiger charge is 2.38. The molecule has 1 atom stereocenters. The van der Waals surface area contributed by atoms with Gasteiger partial charge in [-0.2, -0.15) is 0 Å². The van der Waals surface area contributed by atoms with Gasteiger partial charge in [-0.25, -0.2) is 4.39 Å². The van der Waals surface area contributed by atoms with E-state index in [1.807, 2.05) is 0 Å². The number of rotatable bonds is 6. The molecule has 1 rings (SSSR count). The lowest BCUT2D eigenvalue weighted by Gasteiger charge is -2.20. The van der Waals surface area contributed by atoms with E-state index < -0.39 is 29.8 Å². The van der Waals surface area contributed by atoms with Crippen LogP contribution in [0.3, 0.4) is 0 Å². The first-order valence-electron chi connectivity index (χ1n) is 6.39. The SMILES string of the molecule is CCOC(=O)C(C(=O)OCC)C(O)c1cccc(Cl)c1F. The monoisotopic (exact) mass is 318 g/mol. The first-order chi connectivity index (χ1) is 9.93. The molecule has 0 heterocycles. The number of aliphatic hydroxyl groups is 1. The topological polar surface area (TPSA) is 72.8 Å². The van der Waals surface area contributed by atoms with Gasteiger partial charge < -0.3 is 14.6 Å². The third-order valence-corrected chi connectivity index (χ3v) is 2.99. The fraction of sp³-hybridized carbons (Fsp3) is 0.429. The van der Waals surface area contributed by atoms with E-state index in [9.17, 15) is 19.1 Å². The Morgan fingerprint density at radius 1 is 1.24 bits per heavy atom. The van der Waals surface area contributed by atoms with Crippen LogP contribution in [0.25, 0.3) is 0 Å². The van der Waals surface area contributed by atoms with E-state index in [1.54, 1.807) is 13.8 Å². The number of halogens is 2. The second-order valence-corrected chi connectivity index (χ2v) is 4.48. The quantitative estimate of drug-likeness (QED) is 0.643. The van der Waals surface area contributed by atoms with Crippen molar-refractivity contribution < 1.29 is 28.6 Å². The highest BCUT2D eigenvalue weighted by molar-refractivity contribution is 6.30. The average molecular weight is 319 g/mol. The highest BCUT2D eigenvalue weighted by atomic mass is 35.5. The third-order valence-electron chi connectivity index (χ3n) is 2.70. The molecule has 1 N–H and O–H groups in total. The van der Waals surface area contributed by atoms with Gasteiger partial charge in [0.2, 0.25) is 0 Å². The van der Waals surface area contributed by atoms with Crippen molar-refractivity contribution in [1.82, 2.24) is 0 Å². The first kappa shape index (κ1) is 17.4. The number of hydrogen-bond donors (Lipinski definition) is 1. The number of esters is 2. The molecule has 0 aliphatic carbocycles. The van der Waals surface area contributed by atoms with E-state index in [0.717, 1.165) is 0 Å². The zero-order chi connectivity index (χ0) is 16.0. The summed E-state index contributed by atoms with van der Waals surface area (Å²) in [5.41, 5.74) is -0.270. The van der Waals surface area contributed by atoms with Crippen LogP contribution in [0.5, 0.6) is 0 Å². The molecule has 0 bridgehead atoms. The van der Waals surface area contributed by atoms with Gasteiger partial charge in [-0.05, 0) is 19.9 Å². The van der Waals surface area contributed by atoms with Gasteiger partial charge in [-0.15, -0.1) is 0 Å². The predicted octanol–water partition coefficient (Wildman–Crippen LogP) is 2.25. The van der Waals surface area contributed by atoms with E-state index in [4.69, 9.17) is 21.1 Å². The molecule has 21 heavy (non-hydrogen) atoms. The zero-order valence-electron chi connectivity index (χ0n) is 11.6. The van der Waals surface area contributed by atoms with E-state index >= 15 is 0 Å². The molecule has 1 unspecified atom stereocenters. The van der Waals surface area contributed by atoms with Gasteiger partial charge in [0.1, 0.15) is 11.9 Å². The van der Waals surface area contributed by atoms with E-state index in [0.29, 0.717) is 0 Å². The summed E-state index contributed by atoms with van der Waals surface area (Å²) >= 11 is 5.63. The molecule has 1 aromatic carbocycles. The summed E-state index contributed by atoms with van der Waals surface area (Å²) in [6.45, 7) is 3.12. The molecule has 0 radical (unpaired) electrons. The van der Waals surface area contributed by atoms with Crippen LogP contribution >= 0.6 is 11.6 Å². The van der Waals surface area contributed by atoms with E-state index in [1.165, 1.54) is 18.2 Å². The smallest absolute Gasteiger partial charge is 0.323 e. The fourth-order valence-electron chi connectivity index (χ4n) is 1.75. The lowest BCUT2D eigenvalue weighted by Crippen LogP contribution is -2.33. The Hall–Kier alpha value is -1.66. The van der Waals surface area contributed by atoms with Gasteiger partial charge in [0.15, 0.2) is 5.92 Å². The molecule has 1 aromatic rings. The summed E-state index contributed by atoms with van der Waals surface area (Å²) in [6, 6.07) is 3.92. The van der Waals surface area contributed by atoms with Crippen LogP contribution in [0.15, 0.2) is 18.2 Å². The molecule has 7 heteroatoms. The molecule has 116 valence electrons. The van der Waals surface area contributed by atoms with Crippen LogP contribution in [-0.4, -0.2) is 30.3 Å². The average Bonchev–Trinajstić information content (AvgIpc) is 2.42. The largest absolute Gasteiger partial charge is 0.465 e. The zero-order valence-corrected chi connectivity index (χ0v) is 12.4. The van der Waals surface area contributed by atoms with Crippen LogP contribution in [0.1, 0.15) is 25.5 Å². The van der Waals surface area contributed by atoms with Crippen LogP contribution in [0.4, 0.5) is 4.39 Å². The summed E-state index contributed by atoms with van der Waals surface area (Å²) in [6.07, 6.45) is -1.75. The van der Waals surface area contributed by atoms with Crippen molar-refractivity contribution in [3.05, 3.63) is 34.6 Å². The lowest BCUT2D eigenvalue weighted by molar-refractivity contribution is -0.167. The lowest BCUT2D eigenvalue weighted by atomic mass is 9.95. The summed E-state index contributed by atoms with van der Waals surface area (Å²) in [5, 5.41) is 9.96. The van der Waals surface area contributed by atoms with Crippen molar-refractivity contribution in [2.45, 2.75) is 20.0 Å². The summed E-state index contributed by atoms with van der Waals surface area (Å²) < 4.78 is 23.4. The molecule has 0 spiro atoms. The minimum Gasteiger partial charge on any atom is -0.465 e. The molecule has 0 saturated carbocycles. The number of ether oxygens (including phenoxy) is 2. The van der Waals surface area contributed by atoms with Crippen molar-refractivity contribution in [2.75, 3.05) is 13.2 Å². The summed E-state index contributed by atoms with van der Waals surface area (Å²) in [7, 11) is 0. The molecule has 0 saturated heterocycles. The van der Waals surface area contributed by atoms with Crippen LogP contribution in [0.2, 0.25) is 5.02 Å². The second-order valence-electron chi connectivity index (χ2n) is 4.07. The molecular weight excluding hydrogens is 303 g/mol. The van der Waals surface area contributed by atoms with Crippen molar-refractivity contribution >= 4 is 23.5 Å². The Kier molecular flexibility index (Phi) is 6.58. The molecule has 0 fully saturated rings. The van der Waals surface area contributed by atoms with Gasteiger partial charge in [0, 0.05) is 5.56 Å². The third kappa shape index (κ3) is 4.15. The number of carbonyl (C=O) groups excluding carboxylic acids is 2. The Bertz CT molecular complexity index is 502. The van der Waals surface area contributed by atoms with Crippen molar-refractivity contribution in [3.63, 3.8) is 0 Å². The molecule has 0 aliphatic rings. The number of benzene rings is 1. The Labute approximate surface area is 126 Å². The minimum absolute atomic E-state index is 0.0134. The first-order valence-corrected chi connectivity index (χ1v) is 6.77. The van der Waals surface area contributed by atoms with Gasteiger partial charge in [-0.1, -0.05) is 23.7 Å². The maximum absolute atomic E-state index is 13.9. The maximum atomic E-state index is 13.9. The predicted molar refractivity (Wildman–Crippen MR) is 73.1 cm³/mol. The Balaban J connectivity index is 3.15. The molecule has 0 aliphatic heterocycles. The molecule has 5 nitrogen and oxygen atoms in total. The van der Waals surface area contributed by atoms with Crippen LogP contribution in [0, 0.1) is 11.7 Å². The molecule has 0 amide bonds. The summed E-state index contributed by atoms with van der Waals surface area (Å²) in [4.78, 5) is 23.7. The minimum atomic E-state index is -1.75. The van der Waals surface area contributed by atoms with Crippen molar-refractivity contribution in [2.24, 2.45) is 5.92 Å². The van der Waals surface area contributed by atoms with Crippen molar-refractivity contribution in [1.29, 1.82) is 0 Å². The number of hydrogen-bond acceptors (Lipinski definition) is 5. The molecule has 0 aromatic heterocycles.